The van der Waals surface area contributed by atoms with Crippen LogP contribution in [0.15, 0.2) is 36.4 Å². The molecule has 0 aliphatic heterocycles. The van der Waals surface area contributed by atoms with Crippen LogP contribution in [-0.4, -0.2) is 13.6 Å². The number of hydrogen-bond acceptors (Lipinski definition) is 1. The Morgan fingerprint density at radius 2 is 1.61 bits per heavy atom. The number of hydrogen-bond donors (Lipinski definition) is 1. The van der Waals surface area contributed by atoms with Crippen LogP contribution in [0.25, 0.3) is 0 Å². The SMILES string of the molecule is CNCCCC1CC2c3c(Cl)cccc3C1c1cccc(Cl)c12. The van der Waals surface area contributed by atoms with Gasteiger partial charge in [-0.1, -0.05) is 47.5 Å². The topological polar surface area (TPSA) is 12.0 Å². The molecule has 3 aliphatic carbocycles. The highest BCUT2D eigenvalue weighted by atomic mass is 35.5. The zero-order valence-corrected chi connectivity index (χ0v) is 14.8. The minimum atomic E-state index is 0.354. The molecule has 5 rings (SSSR count). The van der Waals surface area contributed by atoms with Crippen molar-refractivity contribution in [2.75, 3.05) is 13.6 Å². The van der Waals surface area contributed by atoms with Gasteiger partial charge in [-0.25, -0.2) is 0 Å². The molecule has 23 heavy (non-hydrogen) atoms. The predicted molar refractivity (Wildman–Crippen MR) is 97.9 cm³/mol. The molecular formula is C20H21Cl2N. The highest BCUT2D eigenvalue weighted by Gasteiger charge is 2.44. The number of benzene rings is 2. The molecule has 0 saturated carbocycles. The lowest BCUT2D eigenvalue weighted by Gasteiger charge is -2.46. The molecule has 3 heteroatoms. The second-order valence-electron chi connectivity index (χ2n) is 6.76. The molecule has 0 spiro atoms. The first kappa shape index (κ1) is 15.5. The van der Waals surface area contributed by atoms with Crippen molar-refractivity contribution in [3.63, 3.8) is 0 Å². The van der Waals surface area contributed by atoms with Gasteiger partial charge in [-0.05, 0) is 73.2 Å². The van der Waals surface area contributed by atoms with E-state index >= 15 is 0 Å². The summed E-state index contributed by atoms with van der Waals surface area (Å²) in [5.74, 6) is 1.48. The Labute approximate surface area is 148 Å². The lowest BCUT2D eigenvalue weighted by atomic mass is 9.58. The van der Waals surface area contributed by atoms with Gasteiger partial charge < -0.3 is 5.32 Å². The maximum absolute atomic E-state index is 6.58. The average molecular weight is 346 g/mol. The molecule has 2 bridgehead atoms. The monoisotopic (exact) mass is 345 g/mol. The maximum Gasteiger partial charge on any atom is 0.0447 e. The fraction of sp³-hybridized carbons (Fsp3) is 0.400. The van der Waals surface area contributed by atoms with Crippen molar-refractivity contribution in [1.82, 2.24) is 5.32 Å². The third-order valence-electron chi connectivity index (χ3n) is 5.55. The largest absolute Gasteiger partial charge is 0.320 e. The van der Waals surface area contributed by atoms with Crippen LogP contribution in [0.3, 0.4) is 0 Å². The molecule has 3 aliphatic rings. The molecule has 0 aromatic heterocycles. The number of nitrogens with one attached hydrogen (secondary N) is 1. The van der Waals surface area contributed by atoms with Crippen LogP contribution in [0.4, 0.5) is 0 Å². The molecule has 2 aromatic carbocycles. The molecule has 0 radical (unpaired) electrons. The Hall–Kier alpha value is -1.02. The van der Waals surface area contributed by atoms with Crippen molar-refractivity contribution in [2.45, 2.75) is 31.1 Å². The molecule has 0 fully saturated rings. The molecule has 2 aromatic rings. The van der Waals surface area contributed by atoms with Crippen LogP contribution in [0.5, 0.6) is 0 Å². The third-order valence-corrected chi connectivity index (χ3v) is 6.21. The quantitative estimate of drug-likeness (QED) is 0.712. The minimum absolute atomic E-state index is 0.354. The van der Waals surface area contributed by atoms with Crippen LogP contribution < -0.4 is 5.32 Å². The summed E-state index contributed by atoms with van der Waals surface area (Å²) in [5, 5.41) is 5.07. The van der Waals surface area contributed by atoms with Crippen LogP contribution in [0.1, 0.15) is 53.4 Å². The van der Waals surface area contributed by atoms with Gasteiger partial charge >= 0.3 is 0 Å². The summed E-state index contributed by atoms with van der Waals surface area (Å²) in [6.45, 7) is 1.08. The van der Waals surface area contributed by atoms with Gasteiger partial charge in [0.25, 0.3) is 0 Å². The number of halogens is 2. The zero-order valence-electron chi connectivity index (χ0n) is 13.3. The van der Waals surface area contributed by atoms with E-state index in [1.807, 2.05) is 19.2 Å². The molecule has 0 heterocycles. The summed E-state index contributed by atoms with van der Waals surface area (Å²) in [6.07, 6.45) is 3.64. The average Bonchev–Trinajstić information content (AvgIpc) is 2.55. The van der Waals surface area contributed by atoms with Crippen molar-refractivity contribution in [2.24, 2.45) is 5.92 Å². The molecule has 1 atom stereocenters. The molecule has 1 unspecified atom stereocenters. The van der Waals surface area contributed by atoms with Crippen LogP contribution in [0, 0.1) is 5.92 Å². The van der Waals surface area contributed by atoms with Crippen molar-refractivity contribution < 1.29 is 0 Å². The van der Waals surface area contributed by atoms with E-state index in [0.717, 1.165) is 16.6 Å². The Balaban J connectivity index is 1.83. The third kappa shape index (κ3) is 2.41. The molecule has 0 amide bonds. The van der Waals surface area contributed by atoms with Crippen molar-refractivity contribution >= 4 is 23.2 Å². The predicted octanol–water partition coefficient (Wildman–Crippen LogP) is 5.59. The van der Waals surface area contributed by atoms with Crippen molar-refractivity contribution in [1.29, 1.82) is 0 Å². The van der Waals surface area contributed by atoms with Gasteiger partial charge in [-0.3, -0.25) is 0 Å². The van der Waals surface area contributed by atoms with Gasteiger partial charge in [0, 0.05) is 21.9 Å². The normalized spacial score (nSPS) is 24.4. The first-order valence-electron chi connectivity index (χ1n) is 8.43. The first-order chi connectivity index (χ1) is 11.2. The molecule has 1 nitrogen and oxygen atoms in total. The number of fused-ring (bicyclic) bond motifs is 1. The van der Waals surface area contributed by atoms with E-state index in [1.165, 1.54) is 41.5 Å². The Bertz CT molecular complexity index is 687. The van der Waals surface area contributed by atoms with Gasteiger partial charge in [0.05, 0.1) is 0 Å². The molecular weight excluding hydrogens is 325 g/mol. The van der Waals surface area contributed by atoms with Crippen LogP contribution in [0.2, 0.25) is 10.0 Å². The van der Waals surface area contributed by atoms with Crippen molar-refractivity contribution in [3.8, 4) is 0 Å². The lowest BCUT2D eigenvalue weighted by molar-refractivity contribution is 0.328. The summed E-state index contributed by atoms with van der Waals surface area (Å²) in [7, 11) is 2.02. The number of rotatable bonds is 4. The highest BCUT2D eigenvalue weighted by Crippen LogP contribution is 2.59. The summed E-state index contributed by atoms with van der Waals surface area (Å²) < 4.78 is 0. The highest BCUT2D eigenvalue weighted by molar-refractivity contribution is 6.32. The second kappa shape index (κ2) is 6.12. The zero-order chi connectivity index (χ0) is 16.0. The Morgan fingerprint density at radius 3 is 2.17 bits per heavy atom. The fourth-order valence-electron chi connectivity index (χ4n) is 4.70. The Morgan fingerprint density at radius 1 is 1.00 bits per heavy atom. The van der Waals surface area contributed by atoms with Gasteiger partial charge in [-0.15, -0.1) is 0 Å². The van der Waals surface area contributed by atoms with Crippen molar-refractivity contribution in [3.05, 3.63) is 68.7 Å². The van der Waals surface area contributed by atoms with E-state index in [0.29, 0.717) is 17.8 Å². The Kier molecular flexibility index (Phi) is 4.13. The minimum Gasteiger partial charge on any atom is -0.320 e. The molecule has 120 valence electrons. The van der Waals surface area contributed by atoms with E-state index in [9.17, 15) is 0 Å². The van der Waals surface area contributed by atoms with E-state index in [2.05, 4.69) is 29.6 Å². The maximum atomic E-state index is 6.58. The van der Waals surface area contributed by atoms with Gasteiger partial charge in [0.1, 0.15) is 0 Å². The fourth-order valence-corrected chi connectivity index (χ4v) is 5.33. The molecule has 1 N–H and O–H groups in total. The smallest absolute Gasteiger partial charge is 0.0447 e. The summed E-state index contributed by atoms with van der Waals surface area (Å²) in [5.41, 5.74) is 5.50. The van der Waals surface area contributed by atoms with Gasteiger partial charge in [-0.2, -0.15) is 0 Å². The molecule has 0 saturated heterocycles. The van der Waals surface area contributed by atoms with E-state index in [4.69, 9.17) is 23.2 Å². The van der Waals surface area contributed by atoms with Crippen LogP contribution >= 0.6 is 23.2 Å². The summed E-state index contributed by atoms with van der Waals surface area (Å²) >= 11 is 13.2. The second-order valence-corrected chi connectivity index (χ2v) is 7.57. The van der Waals surface area contributed by atoms with Gasteiger partial charge in [0.2, 0.25) is 0 Å². The standard InChI is InChI=1S/C20H21Cl2N/c1-23-10-4-5-12-11-15-19-13(6-2-8-16(19)21)18(12)14-7-3-9-17(22)20(14)15/h2-3,6-9,12,15,18,23H,4-5,10-11H2,1H3. The van der Waals surface area contributed by atoms with Crippen LogP contribution in [-0.2, 0) is 0 Å². The van der Waals surface area contributed by atoms with E-state index in [1.54, 1.807) is 0 Å². The lowest BCUT2D eigenvalue weighted by Crippen LogP contribution is -2.33. The first-order valence-corrected chi connectivity index (χ1v) is 9.19. The van der Waals surface area contributed by atoms with Gasteiger partial charge in [0.15, 0.2) is 0 Å². The summed E-state index contributed by atoms with van der Waals surface area (Å²) in [6, 6.07) is 12.8. The van der Waals surface area contributed by atoms with E-state index in [-0.39, 0.29) is 0 Å². The summed E-state index contributed by atoms with van der Waals surface area (Å²) in [4.78, 5) is 0. The van der Waals surface area contributed by atoms with E-state index < -0.39 is 0 Å².